The van der Waals surface area contributed by atoms with E-state index in [0.717, 1.165) is 34.1 Å². The standard InChI is InChI=1S/C29H26N2O4/c1-2-18-34-25-16-12-23(13-17-25)29(33)35-26-14-10-21(11-15-26)20-30-31-28(32)19-24-8-5-7-22-6-3-4-9-27(22)24/h3-17,20H,2,18-19H2,1H3,(H,31,32). The molecule has 4 rings (SSSR count). The first-order valence-corrected chi connectivity index (χ1v) is 11.5. The fraction of sp³-hybridized carbons (Fsp3) is 0.138. The van der Waals surface area contributed by atoms with E-state index in [1.165, 1.54) is 0 Å². The van der Waals surface area contributed by atoms with E-state index in [4.69, 9.17) is 9.47 Å². The molecule has 1 amide bonds. The van der Waals surface area contributed by atoms with Crippen molar-refractivity contribution in [3.63, 3.8) is 0 Å². The average Bonchev–Trinajstić information content (AvgIpc) is 2.89. The quantitative estimate of drug-likeness (QED) is 0.152. The molecule has 0 aromatic heterocycles. The second kappa shape index (κ2) is 11.6. The zero-order chi connectivity index (χ0) is 24.5. The lowest BCUT2D eigenvalue weighted by atomic mass is 10.0. The molecule has 0 aliphatic rings. The number of ether oxygens (including phenoxy) is 2. The van der Waals surface area contributed by atoms with Gasteiger partial charge in [-0.1, -0.05) is 49.4 Å². The lowest BCUT2D eigenvalue weighted by Gasteiger charge is -2.07. The van der Waals surface area contributed by atoms with Crippen molar-refractivity contribution in [3.8, 4) is 11.5 Å². The molecular weight excluding hydrogens is 440 g/mol. The van der Waals surface area contributed by atoms with Gasteiger partial charge in [0.1, 0.15) is 11.5 Å². The van der Waals surface area contributed by atoms with Gasteiger partial charge >= 0.3 is 5.97 Å². The third kappa shape index (κ3) is 6.54. The second-order valence-electron chi connectivity index (χ2n) is 7.94. The fourth-order valence-electron chi connectivity index (χ4n) is 3.53. The van der Waals surface area contributed by atoms with Gasteiger partial charge in [0.25, 0.3) is 0 Å². The predicted octanol–water partition coefficient (Wildman–Crippen LogP) is 5.54. The molecule has 0 aliphatic heterocycles. The number of hydrogen-bond donors (Lipinski definition) is 1. The number of amides is 1. The Morgan fingerprint density at radius 1 is 0.857 bits per heavy atom. The number of benzene rings is 4. The van der Waals surface area contributed by atoms with Crippen molar-refractivity contribution >= 4 is 28.9 Å². The summed E-state index contributed by atoms with van der Waals surface area (Å²) in [4.78, 5) is 24.7. The number of rotatable bonds is 9. The number of carbonyl (C=O) groups is 2. The summed E-state index contributed by atoms with van der Waals surface area (Å²) in [5.74, 6) is 0.484. The maximum Gasteiger partial charge on any atom is 0.343 e. The molecule has 4 aromatic carbocycles. The van der Waals surface area contributed by atoms with Crippen LogP contribution in [0.2, 0.25) is 0 Å². The maximum absolute atomic E-state index is 12.4. The molecule has 0 unspecified atom stereocenters. The number of nitrogens with one attached hydrogen (secondary N) is 1. The maximum atomic E-state index is 12.4. The minimum absolute atomic E-state index is 0.200. The van der Waals surface area contributed by atoms with Crippen molar-refractivity contribution in [2.75, 3.05) is 6.61 Å². The van der Waals surface area contributed by atoms with Crippen LogP contribution in [0.15, 0.2) is 96.1 Å². The summed E-state index contributed by atoms with van der Waals surface area (Å²) in [5.41, 5.74) is 4.71. The van der Waals surface area contributed by atoms with Crippen LogP contribution in [0, 0.1) is 0 Å². The Morgan fingerprint density at radius 2 is 1.57 bits per heavy atom. The number of carbonyl (C=O) groups excluding carboxylic acids is 2. The van der Waals surface area contributed by atoms with Gasteiger partial charge in [0.05, 0.1) is 24.8 Å². The van der Waals surface area contributed by atoms with E-state index in [9.17, 15) is 9.59 Å². The second-order valence-corrected chi connectivity index (χ2v) is 7.94. The highest BCUT2D eigenvalue weighted by atomic mass is 16.5. The van der Waals surface area contributed by atoms with Gasteiger partial charge in [0.15, 0.2) is 0 Å². The Hall–Kier alpha value is -4.45. The fourth-order valence-corrected chi connectivity index (χ4v) is 3.53. The largest absolute Gasteiger partial charge is 0.494 e. The summed E-state index contributed by atoms with van der Waals surface area (Å²) < 4.78 is 11.0. The summed E-state index contributed by atoms with van der Waals surface area (Å²) in [6, 6.07) is 27.6. The Balaban J connectivity index is 1.29. The van der Waals surface area contributed by atoms with Crippen LogP contribution in [0.3, 0.4) is 0 Å². The van der Waals surface area contributed by atoms with E-state index in [1.807, 2.05) is 49.4 Å². The van der Waals surface area contributed by atoms with Gasteiger partial charge in [-0.25, -0.2) is 10.2 Å². The monoisotopic (exact) mass is 466 g/mol. The molecule has 0 atom stereocenters. The smallest absolute Gasteiger partial charge is 0.343 e. The highest BCUT2D eigenvalue weighted by Crippen LogP contribution is 2.19. The van der Waals surface area contributed by atoms with E-state index in [1.54, 1.807) is 54.7 Å². The highest BCUT2D eigenvalue weighted by molar-refractivity contribution is 5.92. The Bertz CT molecular complexity index is 1320. The summed E-state index contributed by atoms with van der Waals surface area (Å²) in [6.45, 7) is 2.67. The molecule has 0 aliphatic carbocycles. The van der Waals surface area contributed by atoms with Crippen LogP contribution in [0.1, 0.15) is 34.8 Å². The topological polar surface area (TPSA) is 77.0 Å². The van der Waals surface area contributed by atoms with E-state index >= 15 is 0 Å². The SMILES string of the molecule is CCCOc1ccc(C(=O)Oc2ccc(C=NNC(=O)Cc3cccc4ccccc34)cc2)cc1. The van der Waals surface area contributed by atoms with E-state index < -0.39 is 5.97 Å². The lowest BCUT2D eigenvalue weighted by molar-refractivity contribution is -0.120. The number of hydrazone groups is 1. The summed E-state index contributed by atoms with van der Waals surface area (Å²) >= 11 is 0. The van der Waals surface area contributed by atoms with Crippen LogP contribution in [0.4, 0.5) is 0 Å². The van der Waals surface area contributed by atoms with Crippen molar-refractivity contribution in [2.24, 2.45) is 5.10 Å². The minimum atomic E-state index is -0.450. The molecule has 0 fully saturated rings. The van der Waals surface area contributed by atoms with E-state index in [2.05, 4.69) is 10.5 Å². The van der Waals surface area contributed by atoms with Crippen molar-refractivity contribution in [3.05, 3.63) is 108 Å². The van der Waals surface area contributed by atoms with Gasteiger partial charge in [0, 0.05) is 0 Å². The first-order valence-electron chi connectivity index (χ1n) is 11.5. The van der Waals surface area contributed by atoms with Crippen molar-refractivity contribution in [1.29, 1.82) is 0 Å². The molecule has 1 N–H and O–H groups in total. The van der Waals surface area contributed by atoms with Crippen LogP contribution in [0.5, 0.6) is 11.5 Å². The predicted molar refractivity (Wildman–Crippen MR) is 137 cm³/mol. The molecule has 0 saturated carbocycles. The average molecular weight is 467 g/mol. The molecule has 176 valence electrons. The molecule has 4 aromatic rings. The van der Waals surface area contributed by atoms with Crippen LogP contribution < -0.4 is 14.9 Å². The van der Waals surface area contributed by atoms with Crippen LogP contribution in [-0.4, -0.2) is 24.7 Å². The normalized spacial score (nSPS) is 10.9. The molecule has 0 saturated heterocycles. The van der Waals surface area contributed by atoms with Gasteiger partial charge in [0.2, 0.25) is 5.91 Å². The van der Waals surface area contributed by atoms with Gasteiger partial charge in [-0.05, 0) is 76.9 Å². The van der Waals surface area contributed by atoms with Crippen LogP contribution in [0.25, 0.3) is 10.8 Å². The first kappa shape index (κ1) is 23.7. The molecule has 0 spiro atoms. The molecule has 0 radical (unpaired) electrons. The van der Waals surface area contributed by atoms with Crippen LogP contribution in [-0.2, 0) is 11.2 Å². The molecule has 0 heterocycles. The molecule has 35 heavy (non-hydrogen) atoms. The third-order valence-corrected chi connectivity index (χ3v) is 5.29. The summed E-state index contributed by atoms with van der Waals surface area (Å²) in [7, 11) is 0. The van der Waals surface area contributed by atoms with Gasteiger partial charge in [-0.2, -0.15) is 5.10 Å². The Labute approximate surface area is 204 Å². The van der Waals surface area contributed by atoms with E-state index in [0.29, 0.717) is 17.9 Å². The molecular formula is C29H26N2O4. The van der Waals surface area contributed by atoms with Gasteiger partial charge in [-0.3, -0.25) is 4.79 Å². The van der Waals surface area contributed by atoms with Crippen LogP contribution >= 0.6 is 0 Å². The number of fused-ring (bicyclic) bond motifs is 1. The highest BCUT2D eigenvalue weighted by Gasteiger charge is 2.09. The zero-order valence-corrected chi connectivity index (χ0v) is 19.4. The summed E-state index contributed by atoms with van der Waals surface area (Å²) in [6.07, 6.45) is 2.70. The minimum Gasteiger partial charge on any atom is -0.494 e. The summed E-state index contributed by atoms with van der Waals surface area (Å²) in [5, 5.41) is 6.19. The van der Waals surface area contributed by atoms with Crippen molar-refractivity contribution < 1.29 is 19.1 Å². The Morgan fingerprint density at radius 3 is 2.34 bits per heavy atom. The Kier molecular flexibility index (Phi) is 7.86. The molecule has 0 bridgehead atoms. The van der Waals surface area contributed by atoms with Crippen molar-refractivity contribution in [2.45, 2.75) is 19.8 Å². The molecule has 6 nitrogen and oxygen atoms in total. The zero-order valence-electron chi connectivity index (χ0n) is 19.4. The lowest BCUT2D eigenvalue weighted by Crippen LogP contribution is -2.19. The van der Waals surface area contributed by atoms with Gasteiger partial charge < -0.3 is 9.47 Å². The van der Waals surface area contributed by atoms with E-state index in [-0.39, 0.29) is 12.3 Å². The third-order valence-electron chi connectivity index (χ3n) is 5.29. The number of hydrogen-bond acceptors (Lipinski definition) is 5. The molecule has 6 heteroatoms. The number of nitrogens with zero attached hydrogens (tertiary/aromatic N) is 1. The van der Waals surface area contributed by atoms with Crippen molar-refractivity contribution in [1.82, 2.24) is 5.43 Å². The number of esters is 1. The van der Waals surface area contributed by atoms with Gasteiger partial charge in [-0.15, -0.1) is 0 Å². The first-order chi connectivity index (χ1) is 17.1.